The number of carbonyl (C=O) groups excluding carboxylic acids is 1. The third-order valence-electron chi connectivity index (χ3n) is 4.70. The lowest BCUT2D eigenvalue weighted by molar-refractivity contribution is -0.153. The van der Waals surface area contributed by atoms with Gasteiger partial charge in [0.1, 0.15) is 6.04 Å². The van der Waals surface area contributed by atoms with Crippen molar-refractivity contribution in [2.75, 3.05) is 18.1 Å². The Hall–Kier alpha value is -0.710. The van der Waals surface area contributed by atoms with E-state index in [2.05, 4.69) is 6.92 Å². The smallest absolute Gasteiger partial charge is 0.326 e. The Labute approximate surface area is 125 Å². The molecule has 2 rings (SSSR count). The number of likely N-dealkylation sites (tertiary alicyclic amines) is 1. The molecule has 2 fully saturated rings. The summed E-state index contributed by atoms with van der Waals surface area (Å²) in [6.07, 6.45) is 5.32. The number of hydrogen-bond donors (Lipinski definition) is 1. The summed E-state index contributed by atoms with van der Waals surface area (Å²) in [5.41, 5.74) is 0. The van der Waals surface area contributed by atoms with Crippen molar-refractivity contribution in [2.45, 2.75) is 51.5 Å². The van der Waals surface area contributed by atoms with Gasteiger partial charge in [0.15, 0.2) is 0 Å². The van der Waals surface area contributed by atoms with Crippen molar-refractivity contribution in [1.82, 2.24) is 4.90 Å². The van der Waals surface area contributed by atoms with Gasteiger partial charge in [-0.1, -0.05) is 13.3 Å². The summed E-state index contributed by atoms with van der Waals surface area (Å²) < 4.78 is 0. The van der Waals surface area contributed by atoms with Crippen LogP contribution in [0, 0.1) is 11.8 Å². The molecule has 2 unspecified atom stereocenters. The quantitative estimate of drug-likeness (QED) is 0.867. The van der Waals surface area contributed by atoms with Gasteiger partial charge in [0.25, 0.3) is 0 Å². The van der Waals surface area contributed by atoms with Crippen molar-refractivity contribution in [3.05, 3.63) is 0 Å². The van der Waals surface area contributed by atoms with E-state index in [4.69, 9.17) is 0 Å². The fraction of sp³-hybridized carbons (Fsp3) is 0.867. The number of nitrogens with zero attached hydrogens (tertiary/aromatic N) is 1. The highest BCUT2D eigenvalue weighted by molar-refractivity contribution is 7.99. The number of thioether (sulfide) groups is 1. The molecule has 2 atom stereocenters. The second-order valence-corrected chi connectivity index (χ2v) is 7.22. The summed E-state index contributed by atoms with van der Waals surface area (Å²) >= 11 is 1.95. The van der Waals surface area contributed by atoms with Crippen molar-refractivity contribution in [2.24, 2.45) is 11.8 Å². The molecule has 2 saturated heterocycles. The Morgan fingerprint density at radius 3 is 2.50 bits per heavy atom. The maximum Gasteiger partial charge on any atom is 0.326 e. The number of carboxylic acids is 1. The Kier molecular flexibility index (Phi) is 5.75. The van der Waals surface area contributed by atoms with Crippen LogP contribution in [0.5, 0.6) is 0 Å². The first-order chi connectivity index (χ1) is 9.61. The number of aliphatic carboxylic acids is 1. The van der Waals surface area contributed by atoms with Crippen LogP contribution in [0.25, 0.3) is 0 Å². The number of carbonyl (C=O) groups is 2. The molecule has 20 heavy (non-hydrogen) atoms. The van der Waals surface area contributed by atoms with Gasteiger partial charge in [0, 0.05) is 13.0 Å². The van der Waals surface area contributed by atoms with E-state index in [1.165, 1.54) is 0 Å². The maximum absolute atomic E-state index is 12.4. The lowest BCUT2D eigenvalue weighted by Crippen LogP contribution is -2.50. The first kappa shape index (κ1) is 15.7. The Morgan fingerprint density at radius 2 is 1.90 bits per heavy atom. The minimum Gasteiger partial charge on any atom is -0.480 e. The molecule has 2 aliphatic rings. The zero-order valence-corrected chi connectivity index (χ0v) is 13.0. The molecule has 1 N–H and O–H groups in total. The monoisotopic (exact) mass is 299 g/mol. The summed E-state index contributed by atoms with van der Waals surface area (Å²) in [5, 5.41) is 9.38. The van der Waals surface area contributed by atoms with Gasteiger partial charge in [0.2, 0.25) is 5.91 Å². The van der Waals surface area contributed by atoms with Crippen molar-refractivity contribution in [3.8, 4) is 0 Å². The lowest BCUT2D eigenvalue weighted by atomic mass is 9.88. The van der Waals surface area contributed by atoms with Crippen LogP contribution in [-0.2, 0) is 9.59 Å². The van der Waals surface area contributed by atoms with E-state index < -0.39 is 12.0 Å². The van der Waals surface area contributed by atoms with Gasteiger partial charge in [-0.2, -0.15) is 11.8 Å². The minimum absolute atomic E-state index is 0.0591. The van der Waals surface area contributed by atoms with Crippen LogP contribution < -0.4 is 0 Å². The highest BCUT2D eigenvalue weighted by Crippen LogP contribution is 2.29. The highest BCUT2D eigenvalue weighted by atomic mass is 32.2. The van der Waals surface area contributed by atoms with E-state index in [0.29, 0.717) is 31.2 Å². The molecule has 0 spiro atoms. The normalized spacial score (nSPS) is 28.4. The van der Waals surface area contributed by atoms with Gasteiger partial charge < -0.3 is 10.0 Å². The molecule has 2 aliphatic heterocycles. The molecule has 5 heteroatoms. The van der Waals surface area contributed by atoms with Crippen LogP contribution in [0.3, 0.4) is 0 Å². The maximum atomic E-state index is 12.4. The zero-order valence-electron chi connectivity index (χ0n) is 12.2. The molecule has 0 saturated carbocycles. The first-order valence-electron chi connectivity index (χ1n) is 7.71. The van der Waals surface area contributed by atoms with Gasteiger partial charge in [0.05, 0.1) is 0 Å². The predicted molar refractivity (Wildman–Crippen MR) is 80.8 cm³/mol. The fourth-order valence-corrected chi connectivity index (χ4v) is 4.46. The van der Waals surface area contributed by atoms with Crippen molar-refractivity contribution >= 4 is 23.6 Å². The number of amides is 1. The molecule has 0 aromatic rings. The first-order valence-corrected chi connectivity index (χ1v) is 8.87. The highest BCUT2D eigenvalue weighted by Gasteiger charge is 2.36. The standard InChI is InChI=1S/C15H25NO3S/c1-2-11-3-6-16(13(9-11)15(18)19)14(17)10-12-4-7-20-8-5-12/h11-13H,2-10H2,1H3,(H,18,19). The lowest BCUT2D eigenvalue weighted by Gasteiger charge is -2.38. The van der Waals surface area contributed by atoms with E-state index >= 15 is 0 Å². The molecule has 4 nitrogen and oxygen atoms in total. The summed E-state index contributed by atoms with van der Waals surface area (Å²) in [6, 6.07) is -0.598. The summed E-state index contributed by atoms with van der Waals surface area (Å²) in [4.78, 5) is 25.5. The van der Waals surface area contributed by atoms with Gasteiger partial charge in [-0.25, -0.2) is 4.79 Å². The summed E-state index contributed by atoms with van der Waals surface area (Å²) in [6.45, 7) is 2.72. The van der Waals surface area contributed by atoms with Crippen LogP contribution in [0.15, 0.2) is 0 Å². The van der Waals surface area contributed by atoms with Crippen molar-refractivity contribution in [1.29, 1.82) is 0 Å². The topological polar surface area (TPSA) is 57.6 Å². The van der Waals surface area contributed by atoms with Crippen LogP contribution in [0.1, 0.15) is 45.4 Å². The SMILES string of the molecule is CCC1CCN(C(=O)CC2CCSCC2)C(C(=O)O)C1. The van der Waals surface area contributed by atoms with E-state index in [9.17, 15) is 14.7 Å². The molecule has 0 aliphatic carbocycles. The Bertz CT molecular complexity index is 355. The molecule has 0 radical (unpaired) electrons. The van der Waals surface area contributed by atoms with Crippen LogP contribution in [0.4, 0.5) is 0 Å². The third-order valence-corrected chi connectivity index (χ3v) is 5.75. The Balaban J connectivity index is 1.94. The number of carboxylic acid groups (broad SMARTS) is 1. The fourth-order valence-electron chi connectivity index (χ4n) is 3.26. The minimum atomic E-state index is -0.837. The number of piperidine rings is 1. The molecule has 0 aromatic heterocycles. The van der Waals surface area contributed by atoms with E-state index in [-0.39, 0.29) is 5.91 Å². The molecule has 114 valence electrons. The van der Waals surface area contributed by atoms with E-state index in [1.54, 1.807) is 4.90 Å². The largest absolute Gasteiger partial charge is 0.480 e. The Morgan fingerprint density at radius 1 is 1.20 bits per heavy atom. The molecular formula is C15H25NO3S. The second-order valence-electron chi connectivity index (χ2n) is 6.00. The molecule has 1 amide bonds. The number of hydrogen-bond acceptors (Lipinski definition) is 3. The number of rotatable bonds is 4. The van der Waals surface area contributed by atoms with Gasteiger partial charge in [-0.15, -0.1) is 0 Å². The third kappa shape index (κ3) is 3.90. The average Bonchev–Trinajstić information content (AvgIpc) is 2.47. The van der Waals surface area contributed by atoms with Crippen LogP contribution in [0.2, 0.25) is 0 Å². The van der Waals surface area contributed by atoms with E-state index in [1.807, 2.05) is 11.8 Å². The van der Waals surface area contributed by atoms with Crippen molar-refractivity contribution in [3.63, 3.8) is 0 Å². The molecule has 0 aromatic carbocycles. The van der Waals surface area contributed by atoms with Gasteiger partial charge in [-0.05, 0) is 49.0 Å². The van der Waals surface area contributed by atoms with Crippen LogP contribution >= 0.6 is 11.8 Å². The second kappa shape index (κ2) is 7.34. The summed E-state index contributed by atoms with van der Waals surface area (Å²) in [7, 11) is 0. The zero-order chi connectivity index (χ0) is 14.5. The van der Waals surface area contributed by atoms with Gasteiger partial charge in [-0.3, -0.25) is 4.79 Å². The van der Waals surface area contributed by atoms with Crippen LogP contribution in [-0.4, -0.2) is 46.0 Å². The molecule has 0 bridgehead atoms. The predicted octanol–water partition coefficient (Wildman–Crippen LogP) is 2.62. The van der Waals surface area contributed by atoms with E-state index in [0.717, 1.165) is 37.2 Å². The van der Waals surface area contributed by atoms with Gasteiger partial charge >= 0.3 is 5.97 Å². The molecule has 2 heterocycles. The molecular weight excluding hydrogens is 274 g/mol. The summed E-state index contributed by atoms with van der Waals surface area (Å²) in [5.74, 6) is 2.41. The van der Waals surface area contributed by atoms with Crippen molar-refractivity contribution < 1.29 is 14.7 Å². The average molecular weight is 299 g/mol.